The average Bonchev–Trinajstić information content (AvgIpc) is 3.07. The van der Waals surface area contributed by atoms with Gasteiger partial charge in [0.25, 0.3) is 0 Å². The summed E-state index contributed by atoms with van der Waals surface area (Å²) in [6, 6.07) is 1.35. The molecule has 5 heteroatoms. The summed E-state index contributed by atoms with van der Waals surface area (Å²) in [4.78, 5) is 0. The Morgan fingerprint density at radius 2 is 1.30 bits per heavy atom. The zero-order valence-corrected chi connectivity index (χ0v) is 25.4. The Morgan fingerprint density at radius 3 is 1.70 bits per heavy atom. The largest absolute Gasteiger partial charge is 4.00 e. The van der Waals surface area contributed by atoms with Gasteiger partial charge in [-0.25, -0.2) is 5.57 Å². The van der Waals surface area contributed by atoms with E-state index in [1.165, 1.54) is 41.1 Å². The molecule has 0 aliphatic heterocycles. The first-order chi connectivity index (χ1) is 12.0. The van der Waals surface area contributed by atoms with Gasteiger partial charge in [0.05, 0.1) is 0 Å². The maximum absolute atomic E-state index is 3.74. The number of rotatable bonds is 5. The number of allylic oxidation sites excluding steroid dienone is 4. The summed E-state index contributed by atoms with van der Waals surface area (Å²) in [6.07, 6.45) is 9.85. The van der Waals surface area contributed by atoms with Crippen LogP contribution in [0.15, 0.2) is 16.8 Å². The topological polar surface area (TPSA) is 0 Å². The number of hydrogen-bond donors (Lipinski definition) is 0. The van der Waals surface area contributed by atoms with E-state index >= 15 is 0 Å². The Bertz CT molecular complexity index is 747. The van der Waals surface area contributed by atoms with Crippen molar-refractivity contribution < 1.29 is 58.9 Å². The number of benzene rings is 1. The molecule has 0 saturated carbocycles. The molecule has 0 bridgehead atoms. The predicted octanol–water partition coefficient (Wildman–Crippen LogP) is -2.03. The molecule has 2 rings (SSSR count). The van der Waals surface area contributed by atoms with E-state index in [-0.39, 0.29) is 64.4 Å². The number of halogens is 3. The molecule has 0 fully saturated rings. The average molecular weight is 522 g/mol. The summed E-state index contributed by atoms with van der Waals surface area (Å²) in [5, 5.41) is 3.38. The summed E-state index contributed by atoms with van der Waals surface area (Å²) in [5.74, 6) is 0. The fourth-order valence-corrected chi connectivity index (χ4v) is 10.3. The van der Waals surface area contributed by atoms with E-state index in [1.807, 2.05) is 0 Å². The Hall–Kier alpha value is 0.501. The molecular weight excluding hydrogens is 483 g/mol. The molecule has 1 aliphatic carbocycles. The molecule has 168 valence electrons. The van der Waals surface area contributed by atoms with Crippen molar-refractivity contribution in [1.29, 1.82) is 0 Å². The summed E-state index contributed by atoms with van der Waals surface area (Å²) in [5.41, 5.74) is 9.27. The van der Waals surface area contributed by atoms with E-state index in [4.69, 9.17) is 0 Å². The van der Waals surface area contributed by atoms with Crippen LogP contribution in [0.3, 0.4) is 0 Å². The van der Waals surface area contributed by atoms with E-state index in [0.717, 1.165) is 6.42 Å². The predicted molar refractivity (Wildman–Crippen MR) is 120 cm³/mol. The van der Waals surface area contributed by atoms with Gasteiger partial charge in [-0.05, 0) is 67.9 Å². The minimum atomic E-state index is -1.80. The van der Waals surface area contributed by atoms with Crippen molar-refractivity contribution in [3.8, 4) is 0 Å². The van der Waals surface area contributed by atoms with Crippen molar-refractivity contribution in [1.82, 2.24) is 0 Å². The van der Waals surface area contributed by atoms with Crippen LogP contribution in [-0.4, -0.2) is 8.07 Å². The van der Waals surface area contributed by atoms with E-state index < -0.39 is 8.07 Å². The minimum Gasteiger partial charge on any atom is -1.00 e. The van der Waals surface area contributed by atoms with Crippen LogP contribution in [0.25, 0.3) is 0 Å². The van der Waals surface area contributed by atoms with Crippen LogP contribution < -0.4 is 42.4 Å². The summed E-state index contributed by atoms with van der Waals surface area (Å²) in [6.45, 7) is 23.7. The van der Waals surface area contributed by atoms with Crippen molar-refractivity contribution in [2.45, 2.75) is 94.2 Å². The van der Waals surface area contributed by atoms with Gasteiger partial charge < -0.3 is 37.2 Å². The summed E-state index contributed by atoms with van der Waals surface area (Å²) in [7, 11) is -1.80. The molecule has 1 aromatic carbocycles. The van der Waals surface area contributed by atoms with Gasteiger partial charge in [-0.15, -0.1) is 6.42 Å². The van der Waals surface area contributed by atoms with Gasteiger partial charge in [-0.3, -0.25) is 6.08 Å². The molecule has 0 radical (unpaired) electrons. The maximum atomic E-state index is 3.74. The quantitative estimate of drug-likeness (QED) is 0.310. The van der Waals surface area contributed by atoms with Crippen LogP contribution in [0.5, 0.6) is 0 Å². The fraction of sp³-hybridized carbons (Fsp3) is 0.600. The second-order valence-corrected chi connectivity index (χ2v) is 13.8. The van der Waals surface area contributed by atoms with E-state index in [2.05, 4.69) is 81.0 Å². The molecule has 0 saturated heterocycles. The van der Waals surface area contributed by atoms with Crippen LogP contribution in [-0.2, 0) is 21.7 Å². The first-order valence-electron chi connectivity index (χ1n) is 10.4. The molecule has 1 aliphatic rings. The van der Waals surface area contributed by atoms with Gasteiger partial charge >= 0.3 is 21.7 Å². The van der Waals surface area contributed by atoms with Crippen LogP contribution in [0.4, 0.5) is 0 Å². The maximum Gasteiger partial charge on any atom is 4.00 e. The van der Waals surface area contributed by atoms with Crippen LogP contribution in [0.2, 0.25) is 12.6 Å². The molecule has 0 aromatic heterocycles. The van der Waals surface area contributed by atoms with Crippen LogP contribution in [0.1, 0.15) is 74.8 Å². The zero-order valence-electron chi connectivity index (χ0n) is 20.5. The monoisotopic (exact) mass is 520 g/mol. The van der Waals surface area contributed by atoms with E-state index in [9.17, 15) is 0 Å². The molecule has 0 N–H and O–H groups in total. The molecule has 0 nitrogen and oxygen atoms in total. The standard InChI is InChI=1S/C25H39Si.3ClH.Ti/c1-11-12-16-26(10,23-15-13-14-22(23)25(7,8)9)24-20(5)18(3)17(2)19(4)21(24)6;;;;/h15H,11-13,16H2,1-10H3;3*1H;/q-1;;;;+4/p-3. The summed E-state index contributed by atoms with van der Waals surface area (Å²) < 4.78 is 0. The molecule has 30 heavy (non-hydrogen) atoms. The molecule has 1 aromatic rings. The van der Waals surface area contributed by atoms with E-state index in [1.54, 1.807) is 21.5 Å². The second-order valence-electron chi connectivity index (χ2n) is 9.56. The van der Waals surface area contributed by atoms with Gasteiger partial charge in [0.15, 0.2) is 0 Å². The van der Waals surface area contributed by atoms with Crippen molar-refractivity contribution >= 4 is 13.3 Å². The van der Waals surface area contributed by atoms with Gasteiger partial charge in [-0.1, -0.05) is 58.3 Å². The Balaban J connectivity index is -0.00000182. The number of hydrogen-bond acceptors (Lipinski definition) is 0. The molecular formula is C25H39Cl3SiTi. The van der Waals surface area contributed by atoms with Gasteiger partial charge in [0.2, 0.25) is 0 Å². The molecule has 0 amide bonds. The molecule has 1 unspecified atom stereocenters. The zero-order chi connectivity index (χ0) is 19.9. The summed E-state index contributed by atoms with van der Waals surface area (Å²) >= 11 is 0. The Kier molecular flexibility index (Phi) is 15.5. The first-order valence-corrected chi connectivity index (χ1v) is 13.1. The van der Waals surface area contributed by atoms with E-state index in [0.29, 0.717) is 0 Å². The third-order valence-electron chi connectivity index (χ3n) is 6.78. The van der Waals surface area contributed by atoms with Gasteiger partial charge in [0.1, 0.15) is 0 Å². The van der Waals surface area contributed by atoms with Crippen LogP contribution in [0, 0.1) is 46.1 Å². The Morgan fingerprint density at radius 1 is 0.867 bits per heavy atom. The van der Waals surface area contributed by atoms with Gasteiger partial charge in [-0.2, -0.15) is 11.3 Å². The van der Waals surface area contributed by atoms with Crippen molar-refractivity contribution in [2.75, 3.05) is 0 Å². The normalized spacial score (nSPS) is 14.9. The SMILES string of the molecule is CCCC[Si](C)(C1=CC[C-]=C1C(C)(C)C)c1c(C)c(C)c(C)c(C)c1C.[Cl-].[Cl-].[Cl-].[Ti+4]. The molecule has 0 spiro atoms. The third kappa shape index (κ3) is 6.52. The molecule has 0 heterocycles. The first kappa shape index (κ1) is 35.1. The third-order valence-corrected chi connectivity index (χ3v) is 11.6. The molecule has 1 atom stereocenters. The van der Waals surface area contributed by atoms with Gasteiger partial charge in [0, 0.05) is 8.07 Å². The minimum absolute atomic E-state index is 0. The smallest absolute Gasteiger partial charge is 1.00 e. The number of unbranched alkanes of at least 4 members (excludes halogenated alkanes) is 1. The van der Waals surface area contributed by atoms with Crippen molar-refractivity contribution in [2.24, 2.45) is 5.41 Å². The second kappa shape index (κ2) is 13.3. The van der Waals surface area contributed by atoms with Crippen molar-refractivity contribution in [3.05, 3.63) is 50.7 Å². The Labute approximate surface area is 221 Å². The van der Waals surface area contributed by atoms with Crippen molar-refractivity contribution in [3.63, 3.8) is 0 Å². The van der Waals surface area contributed by atoms with Crippen LogP contribution >= 0.6 is 0 Å². The fourth-order valence-electron chi connectivity index (χ4n) is 4.88.